The van der Waals surface area contributed by atoms with Crippen molar-refractivity contribution in [2.24, 2.45) is 7.05 Å². The minimum absolute atomic E-state index is 0.0111. The number of hydrogen-bond acceptors (Lipinski definition) is 3. The summed E-state index contributed by atoms with van der Waals surface area (Å²) in [6, 6.07) is 1.48. The average Bonchev–Trinajstić information content (AvgIpc) is 2.65. The van der Waals surface area contributed by atoms with E-state index in [0.29, 0.717) is 5.56 Å². The van der Waals surface area contributed by atoms with E-state index in [9.17, 15) is 4.79 Å². The molecule has 0 spiro atoms. The Morgan fingerprint density at radius 3 is 2.75 bits per heavy atom. The largest absolute Gasteiger partial charge is 0.478 e. The standard InChI is InChI=1S/C10H8ClN3O2/c1-14-5-7(4-13-14)6-2-8(10(15)16)9(11)12-3-6/h2-5H,1H3,(H,15,16). The highest BCUT2D eigenvalue weighted by atomic mass is 35.5. The summed E-state index contributed by atoms with van der Waals surface area (Å²) in [5.41, 5.74) is 1.46. The Hall–Kier alpha value is -1.88. The van der Waals surface area contributed by atoms with Crippen molar-refractivity contribution >= 4 is 17.6 Å². The van der Waals surface area contributed by atoms with Crippen LogP contribution in [0.1, 0.15) is 10.4 Å². The zero-order valence-electron chi connectivity index (χ0n) is 8.38. The number of aryl methyl sites for hydroxylation is 1. The zero-order valence-corrected chi connectivity index (χ0v) is 9.14. The molecule has 6 heteroatoms. The molecule has 0 fully saturated rings. The number of carbonyl (C=O) groups is 1. The van der Waals surface area contributed by atoms with E-state index in [-0.39, 0.29) is 10.7 Å². The number of aromatic nitrogens is 3. The SMILES string of the molecule is Cn1cc(-c2cnc(Cl)c(C(=O)O)c2)cn1. The molecule has 16 heavy (non-hydrogen) atoms. The Balaban J connectivity index is 2.51. The number of rotatable bonds is 2. The number of halogens is 1. The molecule has 0 saturated heterocycles. The lowest BCUT2D eigenvalue weighted by molar-refractivity contribution is 0.0696. The smallest absolute Gasteiger partial charge is 0.338 e. The van der Waals surface area contributed by atoms with E-state index < -0.39 is 5.97 Å². The molecule has 0 bridgehead atoms. The summed E-state index contributed by atoms with van der Waals surface area (Å²) in [7, 11) is 1.78. The molecule has 0 aliphatic heterocycles. The van der Waals surface area contributed by atoms with Crippen molar-refractivity contribution in [1.82, 2.24) is 14.8 Å². The van der Waals surface area contributed by atoms with Crippen molar-refractivity contribution in [1.29, 1.82) is 0 Å². The van der Waals surface area contributed by atoms with Crippen LogP contribution in [0.4, 0.5) is 0 Å². The number of nitrogens with zero attached hydrogens (tertiary/aromatic N) is 3. The molecular weight excluding hydrogens is 230 g/mol. The first-order valence-corrected chi connectivity index (χ1v) is 4.83. The molecule has 2 aromatic heterocycles. The second-order valence-corrected chi connectivity index (χ2v) is 3.63. The van der Waals surface area contributed by atoms with Gasteiger partial charge in [-0.2, -0.15) is 5.10 Å². The van der Waals surface area contributed by atoms with E-state index >= 15 is 0 Å². The van der Waals surface area contributed by atoms with Crippen LogP contribution in [0.3, 0.4) is 0 Å². The van der Waals surface area contributed by atoms with Gasteiger partial charge in [-0.1, -0.05) is 11.6 Å². The van der Waals surface area contributed by atoms with E-state index in [0.717, 1.165) is 5.56 Å². The van der Waals surface area contributed by atoms with Crippen molar-refractivity contribution in [3.63, 3.8) is 0 Å². The molecule has 1 N–H and O–H groups in total. The van der Waals surface area contributed by atoms with Crippen LogP contribution in [-0.2, 0) is 7.05 Å². The summed E-state index contributed by atoms with van der Waals surface area (Å²) in [5.74, 6) is -1.09. The highest BCUT2D eigenvalue weighted by Gasteiger charge is 2.12. The predicted octanol–water partition coefficient (Wildman–Crippen LogP) is 1.83. The van der Waals surface area contributed by atoms with E-state index in [2.05, 4.69) is 10.1 Å². The molecule has 0 aliphatic rings. The molecule has 0 amide bonds. The second kappa shape index (κ2) is 3.94. The maximum Gasteiger partial charge on any atom is 0.338 e. The topological polar surface area (TPSA) is 68.0 Å². The van der Waals surface area contributed by atoms with E-state index in [1.165, 1.54) is 12.3 Å². The van der Waals surface area contributed by atoms with Gasteiger partial charge in [-0.15, -0.1) is 0 Å². The van der Waals surface area contributed by atoms with Crippen molar-refractivity contribution in [2.45, 2.75) is 0 Å². The lowest BCUT2D eigenvalue weighted by atomic mass is 10.1. The van der Waals surface area contributed by atoms with Crippen LogP contribution in [0.15, 0.2) is 24.7 Å². The lowest BCUT2D eigenvalue weighted by Gasteiger charge is -2.01. The first-order chi connectivity index (χ1) is 7.58. The van der Waals surface area contributed by atoms with Gasteiger partial charge in [-0.25, -0.2) is 9.78 Å². The van der Waals surface area contributed by atoms with Crippen molar-refractivity contribution in [3.05, 3.63) is 35.4 Å². The average molecular weight is 238 g/mol. The van der Waals surface area contributed by atoms with E-state index in [1.54, 1.807) is 24.1 Å². The van der Waals surface area contributed by atoms with Gasteiger partial charge >= 0.3 is 5.97 Å². The van der Waals surface area contributed by atoms with Crippen LogP contribution in [0.25, 0.3) is 11.1 Å². The summed E-state index contributed by atoms with van der Waals surface area (Å²) < 4.78 is 1.63. The van der Waals surface area contributed by atoms with Gasteiger partial charge in [0.15, 0.2) is 0 Å². The number of carboxylic acids is 1. The van der Waals surface area contributed by atoms with Gasteiger partial charge in [0, 0.05) is 30.6 Å². The summed E-state index contributed by atoms with van der Waals surface area (Å²) >= 11 is 5.67. The molecule has 82 valence electrons. The maximum absolute atomic E-state index is 10.9. The predicted molar refractivity (Wildman–Crippen MR) is 58.4 cm³/mol. The summed E-state index contributed by atoms with van der Waals surface area (Å²) in [5, 5.41) is 12.9. The normalized spacial score (nSPS) is 10.4. The molecule has 0 saturated carbocycles. The van der Waals surface area contributed by atoms with Crippen molar-refractivity contribution in [3.8, 4) is 11.1 Å². The Morgan fingerprint density at radius 2 is 2.19 bits per heavy atom. The molecule has 2 rings (SSSR count). The summed E-state index contributed by atoms with van der Waals surface area (Å²) in [6.07, 6.45) is 4.93. The highest BCUT2D eigenvalue weighted by molar-refractivity contribution is 6.32. The van der Waals surface area contributed by atoms with E-state index in [1.807, 2.05) is 0 Å². The van der Waals surface area contributed by atoms with Crippen LogP contribution in [-0.4, -0.2) is 25.8 Å². The molecule has 0 aliphatic carbocycles. The second-order valence-electron chi connectivity index (χ2n) is 3.27. The highest BCUT2D eigenvalue weighted by Crippen LogP contribution is 2.22. The molecule has 2 heterocycles. The Morgan fingerprint density at radius 1 is 1.44 bits per heavy atom. The number of aromatic carboxylic acids is 1. The third kappa shape index (κ3) is 1.90. The molecule has 0 atom stereocenters. The number of pyridine rings is 1. The van der Waals surface area contributed by atoms with Gasteiger partial charge in [0.25, 0.3) is 0 Å². The fourth-order valence-corrected chi connectivity index (χ4v) is 1.51. The maximum atomic E-state index is 10.9. The van der Waals surface area contributed by atoms with Crippen LogP contribution < -0.4 is 0 Å². The van der Waals surface area contributed by atoms with E-state index in [4.69, 9.17) is 16.7 Å². The third-order valence-electron chi connectivity index (χ3n) is 2.11. The fourth-order valence-electron chi connectivity index (χ4n) is 1.33. The van der Waals surface area contributed by atoms with Crippen LogP contribution in [0, 0.1) is 0 Å². The minimum atomic E-state index is -1.09. The number of carboxylic acid groups (broad SMARTS) is 1. The van der Waals surface area contributed by atoms with Crippen molar-refractivity contribution in [2.75, 3.05) is 0 Å². The zero-order chi connectivity index (χ0) is 11.7. The molecule has 2 aromatic rings. The van der Waals surface area contributed by atoms with Crippen LogP contribution >= 0.6 is 11.6 Å². The van der Waals surface area contributed by atoms with Gasteiger partial charge in [0.05, 0.1) is 11.8 Å². The summed E-state index contributed by atoms with van der Waals surface area (Å²) in [6.45, 7) is 0. The third-order valence-corrected chi connectivity index (χ3v) is 2.41. The first kappa shape index (κ1) is 10.6. The van der Waals surface area contributed by atoms with Crippen LogP contribution in [0.5, 0.6) is 0 Å². The van der Waals surface area contributed by atoms with Gasteiger partial charge in [-0.05, 0) is 6.07 Å². The van der Waals surface area contributed by atoms with Gasteiger partial charge < -0.3 is 5.11 Å². The molecular formula is C10H8ClN3O2. The molecule has 0 aromatic carbocycles. The minimum Gasteiger partial charge on any atom is -0.478 e. The van der Waals surface area contributed by atoms with Gasteiger partial charge in [-0.3, -0.25) is 4.68 Å². The Bertz CT molecular complexity index is 551. The lowest BCUT2D eigenvalue weighted by Crippen LogP contribution is -1.99. The molecule has 0 radical (unpaired) electrons. The van der Waals surface area contributed by atoms with Gasteiger partial charge in [0.2, 0.25) is 0 Å². The summed E-state index contributed by atoms with van der Waals surface area (Å²) in [4.78, 5) is 14.7. The van der Waals surface area contributed by atoms with Crippen LogP contribution in [0.2, 0.25) is 5.15 Å². The number of hydrogen-bond donors (Lipinski definition) is 1. The quantitative estimate of drug-likeness (QED) is 0.810. The molecule has 5 nitrogen and oxygen atoms in total. The monoisotopic (exact) mass is 237 g/mol. The first-order valence-electron chi connectivity index (χ1n) is 4.46. The Kier molecular flexibility index (Phi) is 2.62. The molecule has 0 unspecified atom stereocenters. The fraction of sp³-hybridized carbons (Fsp3) is 0.100. The Labute approximate surface area is 96.3 Å². The van der Waals surface area contributed by atoms with Gasteiger partial charge in [0.1, 0.15) is 5.15 Å². The van der Waals surface area contributed by atoms with Crippen molar-refractivity contribution < 1.29 is 9.90 Å².